The number of aromatic hydroxyl groups is 1. The van der Waals surface area contributed by atoms with E-state index in [-0.39, 0.29) is 11.3 Å². The second-order valence-electron chi connectivity index (χ2n) is 6.62. The van der Waals surface area contributed by atoms with E-state index in [0.29, 0.717) is 10.9 Å². The van der Waals surface area contributed by atoms with Crippen molar-refractivity contribution in [2.45, 2.75) is 9.43 Å². The summed E-state index contributed by atoms with van der Waals surface area (Å²) in [6.45, 7) is 0. The molecule has 0 aliphatic carbocycles. The van der Waals surface area contributed by atoms with Gasteiger partial charge in [-0.05, 0) is 58.9 Å². The molecule has 0 spiro atoms. The summed E-state index contributed by atoms with van der Waals surface area (Å²) < 4.78 is 7.74. The summed E-state index contributed by atoms with van der Waals surface area (Å²) in [5.74, 6) is -0.110. The van der Waals surface area contributed by atoms with Crippen molar-refractivity contribution in [3.63, 3.8) is 0 Å². The number of fused-ring (bicyclic) bond motifs is 2. The second-order valence-corrected chi connectivity index (χ2v) is 8.90. The van der Waals surface area contributed by atoms with Gasteiger partial charge in [0.15, 0.2) is 9.43 Å². The first kappa shape index (κ1) is 19.3. The Morgan fingerprint density at radius 3 is 2.68 bits per heavy atom. The Morgan fingerprint density at radius 2 is 1.84 bits per heavy atom. The monoisotopic (exact) mass is 445 g/mol. The van der Waals surface area contributed by atoms with E-state index in [4.69, 9.17) is 4.42 Å². The predicted octanol–water partition coefficient (Wildman–Crippen LogP) is 5.66. The van der Waals surface area contributed by atoms with Gasteiger partial charge in [-0.25, -0.2) is 10.4 Å². The van der Waals surface area contributed by atoms with Crippen LogP contribution in [0.3, 0.4) is 0 Å². The number of thiazole rings is 1. The maximum Gasteiger partial charge on any atom is 0.275 e. The van der Waals surface area contributed by atoms with Gasteiger partial charge in [-0.15, -0.1) is 11.3 Å². The molecule has 6 nitrogen and oxygen atoms in total. The highest BCUT2D eigenvalue weighted by Gasteiger charge is 2.12. The number of rotatable bonds is 5. The van der Waals surface area contributed by atoms with Crippen molar-refractivity contribution >= 4 is 56.2 Å². The van der Waals surface area contributed by atoms with E-state index in [2.05, 4.69) is 15.5 Å². The van der Waals surface area contributed by atoms with Gasteiger partial charge in [0.05, 0.1) is 22.0 Å². The van der Waals surface area contributed by atoms with E-state index >= 15 is 0 Å². The average molecular weight is 446 g/mol. The lowest BCUT2D eigenvalue weighted by Gasteiger charge is -2.05. The van der Waals surface area contributed by atoms with Gasteiger partial charge in [-0.3, -0.25) is 4.79 Å². The molecule has 1 amide bonds. The highest BCUT2D eigenvalue weighted by Crippen LogP contribution is 2.34. The summed E-state index contributed by atoms with van der Waals surface area (Å²) in [6.07, 6.45) is 1.42. The first-order valence-electron chi connectivity index (χ1n) is 9.34. The Morgan fingerprint density at radius 1 is 1.06 bits per heavy atom. The largest absolute Gasteiger partial charge is 0.507 e. The lowest BCUT2D eigenvalue weighted by Crippen LogP contribution is -2.17. The summed E-state index contributed by atoms with van der Waals surface area (Å²) >= 11 is 3.03. The van der Waals surface area contributed by atoms with Gasteiger partial charge in [0.2, 0.25) is 0 Å². The Labute approximate surface area is 185 Å². The first-order chi connectivity index (χ1) is 15.2. The molecule has 0 fully saturated rings. The zero-order chi connectivity index (χ0) is 21.2. The van der Waals surface area contributed by atoms with E-state index in [1.807, 2.05) is 54.6 Å². The molecular formula is C23H15N3O3S2. The van der Waals surface area contributed by atoms with Crippen LogP contribution < -0.4 is 5.43 Å². The van der Waals surface area contributed by atoms with Crippen molar-refractivity contribution in [1.82, 2.24) is 10.4 Å². The summed E-state index contributed by atoms with van der Waals surface area (Å²) in [6, 6.07) is 22.2. The minimum Gasteiger partial charge on any atom is -0.507 e. The van der Waals surface area contributed by atoms with E-state index in [9.17, 15) is 9.90 Å². The van der Waals surface area contributed by atoms with Gasteiger partial charge >= 0.3 is 0 Å². The van der Waals surface area contributed by atoms with Crippen LogP contribution in [0.15, 0.2) is 91.7 Å². The Kier molecular flexibility index (Phi) is 5.15. The first-order valence-corrected chi connectivity index (χ1v) is 11.0. The highest BCUT2D eigenvalue weighted by atomic mass is 32.2. The normalized spacial score (nSPS) is 11.5. The predicted molar refractivity (Wildman–Crippen MR) is 123 cm³/mol. The summed E-state index contributed by atoms with van der Waals surface area (Å²) in [5.41, 5.74) is 3.54. The number of phenols is 1. The molecule has 0 aliphatic heterocycles. The maximum absolute atomic E-state index is 12.4. The van der Waals surface area contributed by atoms with Crippen LogP contribution in [-0.4, -0.2) is 22.2 Å². The van der Waals surface area contributed by atoms with Gasteiger partial charge in [-0.1, -0.05) is 36.4 Å². The number of carbonyl (C=O) groups is 1. The van der Waals surface area contributed by atoms with Crippen molar-refractivity contribution in [3.8, 4) is 5.75 Å². The number of para-hydroxylation sites is 1. The van der Waals surface area contributed by atoms with Gasteiger partial charge in [0.1, 0.15) is 11.5 Å². The highest BCUT2D eigenvalue weighted by molar-refractivity contribution is 8.01. The second kappa shape index (κ2) is 8.25. The number of amides is 1. The number of furan rings is 1. The number of benzene rings is 3. The fraction of sp³-hybridized carbons (Fsp3) is 0. The molecule has 2 aromatic heterocycles. The molecule has 5 aromatic rings. The molecule has 0 saturated carbocycles. The number of hydrogen-bond acceptors (Lipinski definition) is 7. The zero-order valence-electron chi connectivity index (χ0n) is 16.0. The van der Waals surface area contributed by atoms with Crippen LogP contribution in [0.4, 0.5) is 0 Å². The fourth-order valence-electron chi connectivity index (χ4n) is 3.06. The third-order valence-electron chi connectivity index (χ3n) is 4.53. The van der Waals surface area contributed by atoms with Gasteiger partial charge in [0.25, 0.3) is 5.91 Å². The number of aromatic nitrogens is 1. The maximum atomic E-state index is 12.4. The number of nitrogens with one attached hydrogen (secondary N) is 1. The molecule has 2 heterocycles. The molecule has 0 saturated heterocycles. The zero-order valence-corrected chi connectivity index (χ0v) is 17.6. The fourth-order valence-corrected chi connectivity index (χ4v) is 5.03. The van der Waals surface area contributed by atoms with E-state index < -0.39 is 5.91 Å². The average Bonchev–Trinajstić information content (AvgIpc) is 3.39. The molecule has 0 unspecified atom stereocenters. The van der Waals surface area contributed by atoms with Crippen LogP contribution in [0.1, 0.15) is 16.1 Å². The van der Waals surface area contributed by atoms with Crippen LogP contribution in [0.2, 0.25) is 0 Å². The lowest BCUT2D eigenvalue weighted by molar-refractivity contribution is 0.0952. The van der Waals surface area contributed by atoms with Crippen LogP contribution in [0, 0.1) is 0 Å². The van der Waals surface area contributed by atoms with Gasteiger partial charge in [-0.2, -0.15) is 5.10 Å². The lowest BCUT2D eigenvalue weighted by atomic mass is 10.1. The number of hydrogen-bond donors (Lipinski definition) is 2. The summed E-state index contributed by atoms with van der Waals surface area (Å²) in [4.78, 5) is 17.0. The van der Waals surface area contributed by atoms with Crippen molar-refractivity contribution in [1.29, 1.82) is 0 Å². The Bertz CT molecular complexity index is 1410. The summed E-state index contributed by atoms with van der Waals surface area (Å²) in [5, 5.41) is 16.5. The standard InChI is InChI=1S/C23H15N3O3S2/c27-19-12-15-6-2-1-5-14(15)11-17(19)22(28)26-24-13-16-9-10-21(29-16)31-23-25-18-7-3-4-8-20(18)30-23/h1-13,27H,(H,26,28)/b24-13+. The minimum absolute atomic E-state index is 0.0982. The molecule has 3 aromatic carbocycles. The molecule has 8 heteroatoms. The van der Waals surface area contributed by atoms with Gasteiger partial charge < -0.3 is 9.52 Å². The number of nitrogens with zero attached hydrogens (tertiary/aromatic N) is 2. The van der Waals surface area contributed by atoms with Crippen LogP contribution in [0.25, 0.3) is 21.0 Å². The van der Waals surface area contributed by atoms with Crippen molar-refractivity contribution in [2.24, 2.45) is 5.10 Å². The van der Waals surface area contributed by atoms with E-state index in [1.54, 1.807) is 29.5 Å². The van der Waals surface area contributed by atoms with Crippen LogP contribution in [0.5, 0.6) is 5.75 Å². The molecule has 31 heavy (non-hydrogen) atoms. The third kappa shape index (κ3) is 4.16. The third-order valence-corrected chi connectivity index (χ3v) is 6.55. The quantitative estimate of drug-likeness (QED) is 0.269. The molecule has 0 bridgehead atoms. The minimum atomic E-state index is -0.505. The molecule has 5 rings (SSSR count). The molecule has 0 atom stereocenters. The van der Waals surface area contributed by atoms with Crippen LogP contribution in [-0.2, 0) is 0 Å². The van der Waals surface area contributed by atoms with Crippen molar-refractivity contribution in [2.75, 3.05) is 0 Å². The van der Waals surface area contributed by atoms with Crippen molar-refractivity contribution in [3.05, 3.63) is 84.1 Å². The molecule has 0 aliphatic rings. The topological polar surface area (TPSA) is 87.7 Å². The van der Waals surface area contributed by atoms with E-state index in [1.165, 1.54) is 18.0 Å². The Hall–Kier alpha value is -3.62. The smallest absolute Gasteiger partial charge is 0.275 e. The molecule has 0 radical (unpaired) electrons. The molecule has 2 N–H and O–H groups in total. The van der Waals surface area contributed by atoms with Crippen LogP contribution >= 0.6 is 23.1 Å². The summed E-state index contributed by atoms with van der Waals surface area (Å²) in [7, 11) is 0. The SMILES string of the molecule is O=C(N/N=C/c1ccc(Sc2nc3ccccc3s2)o1)c1cc2ccccc2cc1O. The number of phenolic OH excluding ortho intramolecular Hbond substituents is 1. The van der Waals surface area contributed by atoms with E-state index in [0.717, 1.165) is 25.3 Å². The number of carbonyl (C=O) groups excluding carboxylic acids is 1. The van der Waals surface area contributed by atoms with Crippen molar-refractivity contribution < 1.29 is 14.3 Å². The molecule has 152 valence electrons. The number of hydrazone groups is 1. The molecular weight excluding hydrogens is 430 g/mol. The Balaban J connectivity index is 1.25. The van der Waals surface area contributed by atoms with Gasteiger partial charge in [0, 0.05) is 0 Å².